The summed E-state index contributed by atoms with van der Waals surface area (Å²) in [7, 11) is 1.63. The molecule has 2 aromatic carbocycles. The fourth-order valence-corrected chi connectivity index (χ4v) is 3.47. The van der Waals surface area contributed by atoms with Crippen molar-refractivity contribution >= 4 is 22.4 Å². The first-order valence-corrected chi connectivity index (χ1v) is 10.0. The van der Waals surface area contributed by atoms with Crippen LogP contribution in [0.15, 0.2) is 47.8 Å². The van der Waals surface area contributed by atoms with Gasteiger partial charge in [0.15, 0.2) is 5.13 Å². The van der Waals surface area contributed by atoms with Gasteiger partial charge in [0.25, 0.3) is 0 Å². The lowest BCUT2D eigenvalue weighted by atomic mass is 10.0. The lowest BCUT2D eigenvalue weighted by molar-refractivity contribution is -0.116. The van der Waals surface area contributed by atoms with Gasteiger partial charge in [-0.3, -0.25) is 4.79 Å². The lowest BCUT2D eigenvalue weighted by Gasteiger charge is -2.07. The molecule has 0 atom stereocenters. The van der Waals surface area contributed by atoms with E-state index in [0.29, 0.717) is 24.6 Å². The van der Waals surface area contributed by atoms with Crippen LogP contribution < -0.4 is 14.8 Å². The molecule has 0 spiro atoms. The van der Waals surface area contributed by atoms with Crippen LogP contribution in [0.1, 0.15) is 24.0 Å². The highest BCUT2D eigenvalue weighted by Crippen LogP contribution is 2.28. The highest BCUT2D eigenvalue weighted by atomic mass is 32.1. The number of nitrogens with one attached hydrogen (secondary N) is 1. The summed E-state index contributed by atoms with van der Waals surface area (Å²) in [6.45, 7) is 4.60. The van der Waals surface area contributed by atoms with E-state index in [0.717, 1.165) is 22.8 Å². The second-order valence-corrected chi connectivity index (χ2v) is 7.39. The van der Waals surface area contributed by atoms with Gasteiger partial charge in [-0.2, -0.15) is 0 Å². The minimum atomic E-state index is -0.0554. The van der Waals surface area contributed by atoms with Crippen LogP contribution in [-0.4, -0.2) is 24.6 Å². The first kappa shape index (κ1) is 19.9. The van der Waals surface area contributed by atoms with E-state index in [2.05, 4.69) is 42.3 Å². The van der Waals surface area contributed by atoms with Crippen molar-refractivity contribution in [3.63, 3.8) is 0 Å². The van der Waals surface area contributed by atoms with Crippen LogP contribution in [0.3, 0.4) is 0 Å². The Morgan fingerprint density at radius 2 is 1.86 bits per heavy atom. The predicted molar refractivity (Wildman–Crippen MR) is 113 cm³/mol. The van der Waals surface area contributed by atoms with Crippen molar-refractivity contribution < 1.29 is 14.3 Å². The van der Waals surface area contributed by atoms with Gasteiger partial charge in [0.1, 0.15) is 11.5 Å². The molecule has 0 unspecified atom stereocenters. The highest BCUT2D eigenvalue weighted by molar-refractivity contribution is 7.14. The van der Waals surface area contributed by atoms with Gasteiger partial charge in [-0.1, -0.05) is 17.7 Å². The zero-order valence-electron chi connectivity index (χ0n) is 16.3. The molecule has 0 fully saturated rings. The number of rotatable bonds is 8. The van der Waals surface area contributed by atoms with Crippen LogP contribution in [0.2, 0.25) is 0 Å². The zero-order chi connectivity index (χ0) is 19.9. The molecule has 3 aromatic rings. The first-order valence-electron chi connectivity index (χ1n) is 9.15. The molecule has 1 heterocycles. The van der Waals surface area contributed by atoms with Gasteiger partial charge in [0.2, 0.25) is 5.91 Å². The molecular weight excluding hydrogens is 372 g/mol. The third kappa shape index (κ3) is 5.33. The fraction of sp³-hybridized carbons (Fsp3) is 0.273. The minimum Gasteiger partial charge on any atom is -0.497 e. The van der Waals surface area contributed by atoms with Crippen molar-refractivity contribution in [2.24, 2.45) is 0 Å². The Morgan fingerprint density at radius 3 is 2.61 bits per heavy atom. The Labute approximate surface area is 169 Å². The van der Waals surface area contributed by atoms with Crippen molar-refractivity contribution in [2.75, 3.05) is 19.0 Å². The maximum Gasteiger partial charge on any atom is 0.226 e. The van der Waals surface area contributed by atoms with Gasteiger partial charge in [0, 0.05) is 17.4 Å². The van der Waals surface area contributed by atoms with Crippen molar-refractivity contribution in [1.82, 2.24) is 4.98 Å². The molecule has 1 aromatic heterocycles. The fourth-order valence-electron chi connectivity index (χ4n) is 2.74. The molecule has 0 aliphatic rings. The number of aryl methyl sites for hydroxylation is 2. The van der Waals surface area contributed by atoms with Crippen LogP contribution in [0.25, 0.3) is 11.3 Å². The lowest BCUT2D eigenvalue weighted by Crippen LogP contribution is -2.12. The molecule has 0 radical (unpaired) electrons. The van der Waals surface area contributed by atoms with E-state index < -0.39 is 0 Å². The largest absolute Gasteiger partial charge is 0.497 e. The standard InChI is InChI=1S/C22H24N2O3S/c1-15-6-7-16(2)19(13-15)20-14-28-22(23-20)24-21(25)5-4-12-27-18-10-8-17(26-3)9-11-18/h6-11,13-14H,4-5,12H2,1-3H3,(H,23,24,25). The smallest absolute Gasteiger partial charge is 0.226 e. The predicted octanol–water partition coefficient (Wildman–Crippen LogP) is 5.23. The number of ether oxygens (including phenoxy) is 2. The van der Waals surface area contributed by atoms with E-state index in [1.807, 2.05) is 29.6 Å². The average molecular weight is 397 g/mol. The van der Waals surface area contributed by atoms with Gasteiger partial charge in [-0.25, -0.2) is 4.98 Å². The molecule has 1 N–H and O–H groups in total. The molecule has 0 bridgehead atoms. The SMILES string of the molecule is COc1ccc(OCCCC(=O)Nc2nc(-c3cc(C)ccc3C)cs2)cc1. The molecule has 0 aliphatic carbocycles. The Hall–Kier alpha value is -2.86. The molecule has 5 nitrogen and oxygen atoms in total. The van der Waals surface area contributed by atoms with Gasteiger partial charge in [0.05, 0.1) is 19.4 Å². The number of benzene rings is 2. The van der Waals surface area contributed by atoms with Gasteiger partial charge in [-0.05, 0) is 56.2 Å². The second-order valence-electron chi connectivity index (χ2n) is 6.53. The minimum absolute atomic E-state index is 0.0554. The van der Waals surface area contributed by atoms with E-state index >= 15 is 0 Å². The summed E-state index contributed by atoms with van der Waals surface area (Å²) in [5.41, 5.74) is 4.36. The summed E-state index contributed by atoms with van der Waals surface area (Å²) in [5, 5.41) is 5.47. The normalized spacial score (nSPS) is 10.5. The number of anilines is 1. The van der Waals surface area contributed by atoms with Gasteiger partial charge < -0.3 is 14.8 Å². The van der Waals surface area contributed by atoms with E-state index in [-0.39, 0.29) is 5.91 Å². The molecular formula is C22H24N2O3S. The third-order valence-corrected chi connectivity index (χ3v) is 5.05. The van der Waals surface area contributed by atoms with Crippen LogP contribution in [-0.2, 0) is 4.79 Å². The first-order chi connectivity index (χ1) is 13.5. The molecule has 0 saturated heterocycles. The Kier molecular flexibility index (Phi) is 6.66. The maximum absolute atomic E-state index is 12.2. The van der Waals surface area contributed by atoms with E-state index in [1.54, 1.807) is 7.11 Å². The average Bonchev–Trinajstić information content (AvgIpc) is 3.15. The summed E-state index contributed by atoms with van der Waals surface area (Å²) in [6.07, 6.45) is 1.02. The quantitative estimate of drug-likeness (QED) is 0.530. The monoisotopic (exact) mass is 396 g/mol. The zero-order valence-corrected chi connectivity index (χ0v) is 17.1. The molecule has 1 amide bonds. The van der Waals surface area contributed by atoms with Gasteiger partial charge in [-0.15, -0.1) is 11.3 Å². The number of hydrogen-bond acceptors (Lipinski definition) is 5. The number of carbonyl (C=O) groups excluding carboxylic acids is 1. The number of aromatic nitrogens is 1. The Bertz CT molecular complexity index is 935. The van der Waals surface area contributed by atoms with Gasteiger partial charge >= 0.3 is 0 Å². The summed E-state index contributed by atoms with van der Waals surface area (Å²) >= 11 is 1.44. The van der Waals surface area contributed by atoms with Crippen molar-refractivity contribution in [3.05, 3.63) is 59.0 Å². The van der Waals surface area contributed by atoms with Crippen molar-refractivity contribution in [2.45, 2.75) is 26.7 Å². The molecule has 0 saturated carbocycles. The topological polar surface area (TPSA) is 60.5 Å². The maximum atomic E-state index is 12.2. The van der Waals surface area contributed by atoms with Crippen LogP contribution in [0.5, 0.6) is 11.5 Å². The van der Waals surface area contributed by atoms with Crippen molar-refractivity contribution in [3.8, 4) is 22.8 Å². The number of nitrogens with zero attached hydrogens (tertiary/aromatic N) is 1. The van der Waals surface area contributed by atoms with Crippen LogP contribution in [0, 0.1) is 13.8 Å². The molecule has 28 heavy (non-hydrogen) atoms. The molecule has 0 aliphatic heterocycles. The molecule has 6 heteroatoms. The van der Waals surface area contributed by atoms with E-state index in [4.69, 9.17) is 9.47 Å². The Morgan fingerprint density at radius 1 is 1.11 bits per heavy atom. The molecule has 3 rings (SSSR count). The highest BCUT2D eigenvalue weighted by Gasteiger charge is 2.10. The number of carbonyl (C=O) groups is 1. The summed E-state index contributed by atoms with van der Waals surface area (Å²) in [6, 6.07) is 13.7. The number of hydrogen-bond donors (Lipinski definition) is 1. The summed E-state index contributed by atoms with van der Waals surface area (Å²) in [5.74, 6) is 1.50. The third-order valence-electron chi connectivity index (χ3n) is 4.30. The second kappa shape index (κ2) is 9.37. The van der Waals surface area contributed by atoms with E-state index in [9.17, 15) is 4.79 Å². The Balaban J connectivity index is 1.46. The van der Waals surface area contributed by atoms with Crippen LogP contribution in [0.4, 0.5) is 5.13 Å². The molecule has 146 valence electrons. The van der Waals surface area contributed by atoms with Crippen molar-refractivity contribution in [1.29, 1.82) is 0 Å². The van der Waals surface area contributed by atoms with E-state index in [1.165, 1.54) is 22.5 Å². The number of amides is 1. The van der Waals surface area contributed by atoms with Crippen LogP contribution >= 0.6 is 11.3 Å². The number of methoxy groups -OCH3 is 1. The summed E-state index contributed by atoms with van der Waals surface area (Å²) in [4.78, 5) is 16.7. The summed E-state index contributed by atoms with van der Waals surface area (Å²) < 4.78 is 10.8. The number of thiazole rings is 1.